The quantitative estimate of drug-likeness (QED) is 0.575. The van der Waals surface area contributed by atoms with E-state index in [1.807, 2.05) is 41.5 Å². The minimum absolute atomic E-state index is 0.164. The van der Waals surface area contributed by atoms with Gasteiger partial charge in [-0.05, 0) is 49.6 Å². The lowest BCUT2D eigenvalue weighted by molar-refractivity contribution is -0.131. The summed E-state index contributed by atoms with van der Waals surface area (Å²) in [5, 5.41) is 3.73. The van der Waals surface area contributed by atoms with E-state index < -0.39 is 0 Å². The number of carbonyl (C=O) groups is 1. The molecule has 1 aliphatic heterocycles. The molecule has 29 heavy (non-hydrogen) atoms. The molecular weight excluding hydrogens is 402 g/mol. The van der Waals surface area contributed by atoms with Crippen LogP contribution in [0.15, 0.2) is 47.8 Å². The summed E-state index contributed by atoms with van der Waals surface area (Å²) in [6.07, 6.45) is 3.25. The number of hydrogen-bond donors (Lipinski definition) is 0. The van der Waals surface area contributed by atoms with Crippen molar-refractivity contribution in [2.24, 2.45) is 0 Å². The van der Waals surface area contributed by atoms with Gasteiger partial charge in [0.2, 0.25) is 5.91 Å². The third-order valence-electron chi connectivity index (χ3n) is 5.32. The fourth-order valence-corrected chi connectivity index (χ4v) is 4.58. The van der Waals surface area contributed by atoms with Crippen LogP contribution in [0.4, 0.5) is 0 Å². The Morgan fingerprint density at radius 1 is 1.17 bits per heavy atom. The number of thiazole rings is 1. The van der Waals surface area contributed by atoms with Crippen LogP contribution in [0.3, 0.4) is 0 Å². The van der Waals surface area contributed by atoms with Gasteiger partial charge in [0.15, 0.2) is 0 Å². The Labute approximate surface area is 180 Å². The first-order chi connectivity index (χ1) is 14.1. The van der Waals surface area contributed by atoms with Crippen molar-refractivity contribution in [3.05, 3.63) is 80.5 Å². The van der Waals surface area contributed by atoms with Crippen molar-refractivity contribution >= 4 is 28.8 Å². The van der Waals surface area contributed by atoms with Crippen molar-refractivity contribution in [3.63, 3.8) is 0 Å². The lowest BCUT2D eigenvalue weighted by Gasteiger charge is -2.32. The number of likely N-dealkylation sites (tertiary alicyclic amines) is 1. The highest BCUT2D eigenvalue weighted by Crippen LogP contribution is 2.27. The molecule has 0 aliphatic carbocycles. The lowest BCUT2D eigenvalue weighted by Crippen LogP contribution is -2.40. The predicted molar refractivity (Wildman–Crippen MR) is 118 cm³/mol. The van der Waals surface area contributed by atoms with Gasteiger partial charge in [-0.15, -0.1) is 11.3 Å². The zero-order valence-electron chi connectivity index (χ0n) is 16.5. The van der Waals surface area contributed by atoms with Gasteiger partial charge >= 0.3 is 0 Å². The van der Waals surface area contributed by atoms with Crippen molar-refractivity contribution < 1.29 is 4.79 Å². The average molecular weight is 426 g/mol. The molecule has 3 aromatic rings. The Morgan fingerprint density at radius 3 is 2.76 bits per heavy atom. The first-order valence-corrected chi connectivity index (χ1v) is 11.2. The number of nitrogens with zero attached hydrogens (tertiary/aromatic N) is 3. The highest BCUT2D eigenvalue weighted by atomic mass is 35.5. The number of pyridine rings is 1. The van der Waals surface area contributed by atoms with E-state index in [2.05, 4.69) is 23.2 Å². The van der Waals surface area contributed by atoms with E-state index in [0.29, 0.717) is 6.42 Å². The maximum atomic E-state index is 12.7. The van der Waals surface area contributed by atoms with Crippen LogP contribution in [0, 0.1) is 6.92 Å². The van der Waals surface area contributed by atoms with Crippen molar-refractivity contribution in [2.75, 3.05) is 13.1 Å². The average Bonchev–Trinajstić information content (AvgIpc) is 3.14. The number of benzene rings is 1. The molecule has 0 radical (unpaired) electrons. The first kappa shape index (κ1) is 20.0. The molecule has 4 rings (SSSR count). The van der Waals surface area contributed by atoms with E-state index in [4.69, 9.17) is 16.6 Å². The molecule has 4 nitrogen and oxygen atoms in total. The van der Waals surface area contributed by atoms with E-state index in [9.17, 15) is 4.79 Å². The Bertz CT molecular complexity index is 986. The summed E-state index contributed by atoms with van der Waals surface area (Å²) in [6, 6.07) is 14.1. The molecule has 1 saturated heterocycles. The summed E-state index contributed by atoms with van der Waals surface area (Å²) in [6.45, 7) is 3.53. The molecule has 2 aromatic heterocycles. The molecular formula is C23H24ClN3OS. The third-order valence-corrected chi connectivity index (χ3v) is 6.39. The third kappa shape index (κ3) is 5.22. The highest BCUT2D eigenvalue weighted by molar-refractivity contribution is 7.09. The number of amides is 1. The summed E-state index contributed by atoms with van der Waals surface area (Å²) in [5.41, 5.74) is 4.20. The number of aryl methyl sites for hydroxylation is 1. The van der Waals surface area contributed by atoms with Crippen LogP contribution in [-0.2, 0) is 17.6 Å². The predicted octanol–water partition coefficient (Wildman–Crippen LogP) is 5.04. The molecule has 1 aliphatic rings. The minimum atomic E-state index is 0.164. The summed E-state index contributed by atoms with van der Waals surface area (Å²) in [5.74, 6) is 0.451. The van der Waals surface area contributed by atoms with Crippen LogP contribution in [-0.4, -0.2) is 33.9 Å². The van der Waals surface area contributed by atoms with Crippen molar-refractivity contribution in [3.8, 4) is 0 Å². The van der Waals surface area contributed by atoms with Gasteiger partial charge in [0.05, 0.1) is 17.1 Å². The lowest BCUT2D eigenvalue weighted by atomic mass is 9.93. The molecule has 150 valence electrons. The molecule has 3 heterocycles. The Hall–Kier alpha value is -2.24. The topological polar surface area (TPSA) is 46.1 Å². The van der Waals surface area contributed by atoms with Crippen molar-refractivity contribution in [1.82, 2.24) is 14.9 Å². The maximum absolute atomic E-state index is 12.7. The Kier molecular flexibility index (Phi) is 6.26. The number of carbonyl (C=O) groups excluding carboxylic acids is 1. The molecule has 1 amide bonds. The van der Waals surface area contributed by atoms with E-state index in [0.717, 1.165) is 59.5 Å². The largest absolute Gasteiger partial charge is 0.342 e. The van der Waals surface area contributed by atoms with Crippen LogP contribution in [0.1, 0.15) is 46.4 Å². The van der Waals surface area contributed by atoms with Gasteiger partial charge in [0, 0.05) is 47.2 Å². The summed E-state index contributed by atoms with van der Waals surface area (Å²) >= 11 is 7.58. The van der Waals surface area contributed by atoms with Gasteiger partial charge in [-0.3, -0.25) is 9.78 Å². The summed E-state index contributed by atoms with van der Waals surface area (Å²) < 4.78 is 0. The molecule has 0 unspecified atom stereocenters. The zero-order valence-corrected chi connectivity index (χ0v) is 18.0. The number of halogens is 1. The molecule has 1 fully saturated rings. The van der Waals surface area contributed by atoms with Gasteiger partial charge in [-0.2, -0.15) is 0 Å². The van der Waals surface area contributed by atoms with Crippen molar-refractivity contribution in [2.45, 2.75) is 38.5 Å². The van der Waals surface area contributed by atoms with Crippen LogP contribution in [0.25, 0.3) is 0 Å². The molecule has 6 heteroatoms. The van der Waals surface area contributed by atoms with Crippen molar-refractivity contribution in [1.29, 1.82) is 0 Å². The van der Waals surface area contributed by atoms with Gasteiger partial charge < -0.3 is 4.90 Å². The SMILES string of the molecule is Cc1nc(CC(=O)N2CCC[C@@H](c3cccc(Cc4ccc(Cl)cc4)n3)C2)cs1. The zero-order chi connectivity index (χ0) is 20.2. The standard InChI is InChI=1S/C23H24ClN3OS/c1-16-25-21(15-29-16)13-23(28)27-11-3-4-18(14-27)22-6-2-5-20(26-22)12-17-7-9-19(24)10-8-17/h2,5-10,15,18H,3-4,11-14H2,1H3/t18-/m1/s1. The second kappa shape index (κ2) is 9.06. The van der Waals surface area contributed by atoms with Gasteiger partial charge in [0.25, 0.3) is 0 Å². The molecule has 0 spiro atoms. The second-order valence-electron chi connectivity index (χ2n) is 7.57. The Balaban J connectivity index is 1.42. The Morgan fingerprint density at radius 2 is 2.00 bits per heavy atom. The monoisotopic (exact) mass is 425 g/mol. The number of rotatable bonds is 5. The van der Waals surface area contributed by atoms with Crippen LogP contribution < -0.4 is 0 Å². The van der Waals surface area contributed by atoms with E-state index in [-0.39, 0.29) is 11.8 Å². The van der Waals surface area contributed by atoms with Gasteiger partial charge in [-0.1, -0.05) is 29.8 Å². The van der Waals surface area contributed by atoms with E-state index in [1.54, 1.807) is 11.3 Å². The number of aromatic nitrogens is 2. The fourth-order valence-electron chi connectivity index (χ4n) is 3.84. The summed E-state index contributed by atoms with van der Waals surface area (Å²) in [4.78, 5) is 24.1. The molecule has 0 N–H and O–H groups in total. The second-order valence-corrected chi connectivity index (χ2v) is 9.07. The van der Waals surface area contributed by atoms with Crippen LogP contribution in [0.5, 0.6) is 0 Å². The van der Waals surface area contributed by atoms with E-state index in [1.165, 1.54) is 5.56 Å². The van der Waals surface area contributed by atoms with Gasteiger partial charge in [0.1, 0.15) is 0 Å². The number of piperidine rings is 1. The highest BCUT2D eigenvalue weighted by Gasteiger charge is 2.26. The molecule has 1 aromatic carbocycles. The van der Waals surface area contributed by atoms with Crippen LogP contribution >= 0.6 is 22.9 Å². The fraction of sp³-hybridized carbons (Fsp3) is 0.348. The molecule has 0 bridgehead atoms. The maximum Gasteiger partial charge on any atom is 0.228 e. The summed E-state index contributed by atoms with van der Waals surface area (Å²) in [7, 11) is 0. The molecule has 0 saturated carbocycles. The van der Waals surface area contributed by atoms with Crippen LogP contribution in [0.2, 0.25) is 5.02 Å². The molecule has 1 atom stereocenters. The van der Waals surface area contributed by atoms with Gasteiger partial charge in [-0.25, -0.2) is 4.98 Å². The normalized spacial score (nSPS) is 16.8. The number of hydrogen-bond acceptors (Lipinski definition) is 4. The smallest absolute Gasteiger partial charge is 0.228 e. The first-order valence-electron chi connectivity index (χ1n) is 9.96. The van der Waals surface area contributed by atoms with E-state index >= 15 is 0 Å². The minimum Gasteiger partial charge on any atom is -0.342 e.